The Hall–Kier alpha value is -2.53. The Morgan fingerprint density at radius 1 is 1.08 bits per heavy atom. The summed E-state index contributed by atoms with van der Waals surface area (Å²) in [4.78, 5) is 11.6. The number of carbonyl (C=O) groups excluding carboxylic acids is 1. The summed E-state index contributed by atoms with van der Waals surface area (Å²) in [6.45, 7) is 1.46. The van der Waals surface area contributed by atoms with E-state index in [1.54, 1.807) is 7.11 Å². The molecule has 0 aromatic heterocycles. The summed E-state index contributed by atoms with van der Waals surface area (Å²) in [6.07, 6.45) is 1.15. The van der Waals surface area contributed by atoms with Crippen LogP contribution < -0.4 is 20.5 Å². The predicted molar refractivity (Wildman–Crippen MR) is 93.9 cm³/mol. The van der Waals surface area contributed by atoms with Gasteiger partial charge in [0.15, 0.2) is 11.5 Å². The lowest BCUT2D eigenvalue weighted by molar-refractivity contribution is -0.121. The van der Waals surface area contributed by atoms with Crippen molar-refractivity contribution in [1.82, 2.24) is 5.32 Å². The van der Waals surface area contributed by atoms with Crippen molar-refractivity contribution in [1.29, 1.82) is 0 Å². The van der Waals surface area contributed by atoms with Gasteiger partial charge in [0.1, 0.15) is 6.61 Å². The quantitative estimate of drug-likeness (QED) is 0.742. The molecule has 0 aliphatic carbocycles. The molecule has 0 fully saturated rings. The van der Waals surface area contributed by atoms with Crippen molar-refractivity contribution in [3.8, 4) is 11.5 Å². The molecule has 0 saturated heterocycles. The van der Waals surface area contributed by atoms with Crippen LogP contribution in [0, 0.1) is 0 Å². The summed E-state index contributed by atoms with van der Waals surface area (Å²) in [5, 5.41) is 2.87. The third-order valence-electron chi connectivity index (χ3n) is 3.56. The maximum Gasteiger partial charge on any atom is 0.220 e. The second-order valence-corrected chi connectivity index (χ2v) is 5.43. The molecular formula is C19H24N2O3. The van der Waals surface area contributed by atoms with Gasteiger partial charge in [0.2, 0.25) is 5.91 Å². The van der Waals surface area contributed by atoms with E-state index >= 15 is 0 Å². The van der Waals surface area contributed by atoms with Gasteiger partial charge in [-0.25, -0.2) is 0 Å². The third-order valence-corrected chi connectivity index (χ3v) is 3.56. The van der Waals surface area contributed by atoms with Gasteiger partial charge in [-0.2, -0.15) is 0 Å². The number of nitrogens with one attached hydrogen (secondary N) is 1. The summed E-state index contributed by atoms with van der Waals surface area (Å²) in [6, 6.07) is 15.6. The lowest BCUT2D eigenvalue weighted by Crippen LogP contribution is -2.23. The summed E-state index contributed by atoms with van der Waals surface area (Å²) < 4.78 is 11.2. The van der Waals surface area contributed by atoms with E-state index in [-0.39, 0.29) is 5.91 Å². The number of carbonyl (C=O) groups is 1. The molecule has 0 aliphatic heterocycles. The first-order valence-electron chi connectivity index (χ1n) is 8.03. The minimum Gasteiger partial charge on any atom is -0.493 e. The van der Waals surface area contributed by atoms with E-state index in [2.05, 4.69) is 5.32 Å². The smallest absolute Gasteiger partial charge is 0.220 e. The minimum atomic E-state index is 0.00354. The molecule has 24 heavy (non-hydrogen) atoms. The predicted octanol–water partition coefficient (Wildman–Crippen LogP) is 2.63. The number of nitrogens with two attached hydrogens (primary N) is 1. The summed E-state index contributed by atoms with van der Waals surface area (Å²) in [7, 11) is 1.61. The molecule has 128 valence electrons. The maximum atomic E-state index is 11.6. The molecule has 2 aromatic rings. The Kier molecular flexibility index (Phi) is 7.11. The van der Waals surface area contributed by atoms with Crippen LogP contribution in [-0.2, 0) is 17.9 Å². The largest absolute Gasteiger partial charge is 0.493 e. The Morgan fingerprint density at radius 3 is 2.58 bits per heavy atom. The van der Waals surface area contributed by atoms with Crippen molar-refractivity contribution in [2.45, 2.75) is 26.0 Å². The molecule has 0 unspecified atom stereocenters. The highest BCUT2D eigenvalue weighted by Gasteiger charge is 2.07. The van der Waals surface area contributed by atoms with Gasteiger partial charge in [-0.05, 0) is 36.2 Å². The number of amides is 1. The van der Waals surface area contributed by atoms with E-state index in [0.29, 0.717) is 44.0 Å². The van der Waals surface area contributed by atoms with E-state index in [9.17, 15) is 4.79 Å². The first kappa shape index (κ1) is 17.8. The highest BCUT2D eigenvalue weighted by molar-refractivity contribution is 5.75. The molecule has 2 aromatic carbocycles. The van der Waals surface area contributed by atoms with Gasteiger partial charge >= 0.3 is 0 Å². The normalized spacial score (nSPS) is 10.2. The number of ether oxygens (including phenoxy) is 2. The van der Waals surface area contributed by atoms with Crippen LogP contribution >= 0.6 is 0 Å². The number of rotatable bonds is 9. The third kappa shape index (κ3) is 5.59. The van der Waals surface area contributed by atoms with E-state index < -0.39 is 0 Å². The van der Waals surface area contributed by atoms with Crippen LogP contribution in [-0.4, -0.2) is 19.6 Å². The van der Waals surface area contributed by atoms with Gasteiger partial charge in [-0.15, -0.1) is 0 Å². The van der Waals surface area contributed by atoms with Crippen LogP contribution in [0.4, 0.5) is 0 Å². The Labute approximate surface area is 142 Å². The second-order valence-electron chi connectivity index (χ2n) is 5.43. The molecule has 0 heterocycles. The Balaban J connectivity index is 1.93. The first-order valence-corrected chi connectivity index (χ1v) is 8.03. The van der Waals surface area contributed by atoms with Crippen LogP contribution in [0.1, 0.15) is 24.0 Å². The van der Waals surface area contributed by atoms with Gasteiger partial charge in [-0.3, -0.25) is 4.79 Å². The molecule has 5 nitrogen and oxygen atoms in total. The molecular weight excluding hydrogens is 304 g/mol. The van der Waals surface area contributed by atoms with Crippen molar-refractivity contribution in [3.63, 3.8) is 0 Å². The van der Waals surface area contributed by atoms with Crippen LogP contribution in [0.15, 0.2) is 48.5 Å². The van der Waals surface area contributed by atoms with Crippen molar-refractivity contribution in [2.75, 3.05) is 13.7 Å². The fraction of sp³-hybridized carbons (Fsp3) is 0.316. The molecule has 0 radical (unpaired) electrons. The molecule has 5 heteroatoms. The fourth-order valence-corrected chi connectivity index (χ4v) is 2.23. The van der Waals surface area contributed by atoms with Crippen molar-refractivity contribution in [3.05, 3.63) is 59.7 Å². The number of benzene rings is 2. The highest BCUT2D eigenvalue weighted by atomic mass is 16.5. The zero-order valence-corrected chi connectivity index (χ0v) is 14.0. The molecule has 1 amide bonds. The molecule has 0 bridgehead atoms. The van der Waals surface area contributed by atoms with Gasteiger partial charge in [-0.1, -0.05) is 36.4 Å². The topological polar surface area (TPSA) is 73.6 Å². The molecule has 0 atom stereocenters. The Bertz CT molecular complexity index is 644. The van der Waals surface area contributed by atoms with Crippen molar-refractivity contribution >= 4 is 5.91 Å². The number of hydrogen-bond donors (Lipinski definition) is 2. The SMILES string of the molecule is COc1cc(CNC(=O)CCCN)ccc1OCc1ccccc1. The van der Waals surface area contributed by atoms with Gasteiger partial charge < -0.3 is 20.5 Å². The van der Waals surface area contributed by atoms with Crippen LogP contribution in [0.25, 0.3) is 0 Å². The lowest BCUT2D eigenvalue weighted by atomic mass is 10.2. The Morgan fingerprint density at radius 2 is 1.88 bits per heavy atom. The minimum absolute atomic E-state index is 0.00354. The summed E-state index contributed by atoms with van der Waals surface area (Å²) in [5.74, 6) is 1.34. The van der Waals surface area contributed by atoms with Crippen molar-refractivity contribution < 1.29 is 14.3 Å². The standard InChI is InChI=1S/C19H24N2O3/c1-23-18-12-16(13-21-19(22)8-5-11-20)9-10-17(18)24-14-15-6-3-2-4-7-15/h2-4,6-7,9-10,12H,5,8,11,13-14,20H2,1H3,(H,21,22). The number of hydrogen-bond acceptors (Lipinski definition) is 4. The summed E-state index contributed by atoms with van der Waals surface area (Å²) in [5.41, 5.74) is 7.45. The molecule has 0 spiro atoms. The van der Waals surface area contributed by atoms with E-state index in [1.807, 2.05) is 48.5 Å². The van der Waals surface area contributed by atoms with E-state index in [0.717, 1.165) is 11.1 Å². The van der Waals surface area contributed by atoms with E-state index in [4.69, 9.17) is 15.2 Å². The molecule has 3 N–H and O–H groups in total. The van der Waals surface area contributed by atoms with Crippen LogP contribution in [0.5, 0.6) is 11.5 Å². The van der Waals surface area contributed by atoms with Gasteiger partial charge in [0.25, 0.3) is 0 Å². The number of methoxy groups -OCH3 is 1. The summed E-state index contributed by atoms with van der Waals surface area (Å²) >= 11 is 0. The zero-order chi connectivity index (χ0) is 17.2. The maximum absolute atomic E-state index is 11.6. The highest BCUT2D eigenvalue weighted by Crippen LogP contribution is 2.28. The fourth-order valence-electron chi connectivity index (χ4n) is 2.23. The van der Waals surface area contributed by atoms with Crippen LogP contribution in [0.3, 0.4) is 0 Å². The van der Waals surface area contributed by atoms with Gasteiger partial charge in [0.05, 0.1) is 7.11 Å². The molecule has 0 aliphatic rings. The monoisotopic (exact) mass is 328 g/mol. The average Bonchev–Trinajstić information content (AvgIpc) is 2.64. The van der Waals surface area contributed by atoms with Crippen LogP contribution in [0.2, 0.25) is 0 Å². The molecule has 0 saturated carbocycles. The first-order chi connectivity index (χ1) is 11.7. The lowest BCUT2D eigenvalue weighted by Gasteiger charge is -2.13. The van der Waals surface area contributed by atoms with Crippen molar-refractivity contribution in [2.24, 2.45) is 5.73 Å². The van der Waals surface area contributed by atoms with Gasteiger partial charge in [0, 0.05) is 13.0 Å². The molecule has 2 rings (SSSR count). The second kappa shape index (κ2) is 9.57. The van der Waals surface area contributed by atoms with E-state index in [1.165, 1.54) is 0 Å². The zero-order valence-electron chi connectivity index (χ0n) is 14.0. The average molecular weight is 328 g/mol.